The monoisotopic (exact) mass is 312 g/mol. The molecule has 0 unspecified atom stereocenters. The zero-order chi connectivity index (χ0) is 16.4. The maximum Gasteiger partial charge on any atom is 0.267 e. The lowest BCUT2D eigenvalue weighted by Crippen LogP contribution is -2.27. The molecule has 0 aliphatic heterocycles. The van der Waals surface area contributed by atoms with E-state index in [0.29, 0.717) is 16.8 Å². The molecule has 2 heterocycles. The molecule has 0 aliphatic rings. The molecule has 3 rings (SSSR count). The van der Waals surface area contributed by atoms with Gasteiger partial charge in [0.1, 0.15) is 18.3 Å². The number of carbonyl (C=O) groups excluding carboxylic acids is 1. The van der Waals surface area contributed by atoms with Crippen LogP contribution in [0.1, 0.15) is 18.2 Å². The summed E-state index contributed by atoms with van der Waals surface area (Å²) in [6.45, 7) is 3.60. The number of nitrogens with one attached hydrogen (secondary N) is 1. The molecule has 0 atom stereocenters. The number of nitrogens with zero attached hydrogens (tertiary/aromatic N) is 3. The second kappa shape index (κ2) is 6.04. The highest BCUT2D eigenvalue weighted by molar-refractivity contribution is 5.90. The summed E-state index contributed by atoms with van der Waals surface area (Å²) in [4.78, 5) is 28.4. The molecule has 0 spiro atoms. The van der Waals surface area contributed by atoms with Crippen LogP contribution in [0.3, 0.4) is 0 Å². The summed E-state index contributed by atoms with van der Waals surface area (Å²) in [6.07, 6.45) is 2.22. The molecule has 0 bridgehead atoms. The molecular formula is C16H16N4O3. The molecule has 1 N–H and O–H groups in total. The molecule has 0 fully saturated rings. The Balaban J connectivity index is 1.78. The highest BCUT2D eigenvalue weighted by atomic mass is 16.5. The molecule has 3 aromatic rings. The molecule has 7 nitrogen and oxygen atoms in total. The van der Waals surface area contributed by atoms with Gasteiger partial charge in [-0.1, -0.05) is 24.2 Å². The first-order valence-electron chi connectivity index (χ1n) is 7.28. The quantitative estimate of drug-likeness (QED) is 0.794. The van der Waals surface area contributed by atoms with Crippen molar-refractivity contribution in [3.05, 3.63) is 52.2 Å². The minimum atomic E-state index is -0.342. The lowest BCUT2D eigenvalue weighted by molar-refractivity contribution is -0.116. The zero-order valence-corrected chi connectivity index (χ0v) is 12.9. The summed E-state index contributed by atoms with van der Waals surface area (Å²) < 4.78 is 6.17. The van der Waals surface area contributed by atoms with Crippen molar-refractivity contribution < 1.29 is 9.32 Å². The highest BCUT2D eigenvalue weighted by Gasteiger charge is 2.13. The third-order valence-corrected chi connectivity index (χ3v) is 3.59. The fourth-order valence-electron chi connectivity index (χ4n) is 2.30. The van der Waals surface area contributed by atoms with E-state index in [-0.39, 0.29) is 23.7 Å². The zero-order valence-electron chi connectivity index (χ0n) is 12.9. The van der Waals surface area contributed by atoms with Gasteiger partial charge in [0.15, 0.2) is 0 Å². The molecule has 118 valence electrons. The van der Waals surface area contributed by atoms with Crippen LogP contribution in [0.25, 0.3) is 11.1 Å². The Bertz CT molecular complexity index is 909. The number of amides is 1. The Labute approximate surface area is 131 Å². The lowest BCUT2D eigenvalue weighted by atomic mass is 10.1. The van der Waals surface area contributed by atoms with Crippen molar-refractivity contribution in [1.29, 1.82) is 0 Å². The second-order valence-corrected chi connectivity index (χ2v) is 5.22. The number of aryl methyl sites for hydroxylation is 2. The van der Waals surface area contributed by atoms with Crippen LogP contribution in [-0.4, -0.2) is 20.6 Å². The summed E-state index contributed by atoms with van der Waals surface area (Å²) in [7, 11) is 0. The number of benzene rings is 1. The minimum Gasteiger partial charge on any atom is -0.335 e. The molecule has 1 amide bonds. The summed E-state index contributed by atoms with van der Waals surface area (Å²) in [5, 5.41) is 6.77. The molecular weight excluding hydrogens is 296 g/mol. The Kier molecular flexibility index (Phi) is 3.92. The molecule has 0 saturated carbocycles. The van der Waals surface area contributed by atoms with Gasteiger partial charge in [0.05, 0.1) is 5.69 Å². The van der Waals surface area contributed by atoms with Gasteiger partial charge in [-0.25, -0.2) is 4.98 Å². The number of hydrogen-bond acceptors (Lipinski definition) is 5. The molecule has 1 aromatic carbocycles. The van der Waals surface area contributed by atoms with Crippen molar-refractivity contribution in [1.82, 2.24) is 14.7 Å². The number of aromatic nitrogens is 3. The molecule has 0 aliphatic carbocycles. The molecule has 0 radical (unpaired) electrons. The second-order valence-electron chi connectivity index (χ2n) is 5.22. The van der Waals surface area contributed by atoms with E-state index in [9.17, 15) is 9.59 Å². The van der Waals surface area contributed by atoms with E-state index in [2.05, 4.69) is 22.4 Å². The average molecular weight is 312 g/mol. The van der Waals surface area contributed by atoms with E-state index in [0.717, 1.165) is 6.42 Å². The first-order chi connectivity index (χ1) is 11.1. The van der Waals surface area contributed by atoms with Crippen LogP contribution < -0.4 is 10.9 Å². The van der Waals surface area contributed by atoms with Crippen molar-refractivity contribution in [3.63, 3.8) is 0 Å². The van der Waals surface area contributed by atoms with Gasteiger partial charge in [0.25, 0.3) is 11.3 Å². The predicted molar refractivity (Wildman–Crippen MR) is 85.3 cm³/mol. The van der Waals surface area contributed by atoms with Crippen molar-refractivity contribution in [2.24, 2.45) is 0 Å². The SMILES string of the molecule is CCc1ccc(NC(=O)Cn2cnc3onc(C)c3c2=O)cc1. The van der Waals surface area contributed by atoms with Crippen molar-refractivity contribution in [2.75, 3.05) is 5.32 Å². The first kappa shape index (κ1) is 15.0. The van der Waals surface area contributed by atoms with Gasteiger partial charge >= 0.3 is 0 Å². The van der Waals surface area contributed by atoms with E-state index in [1.165, 1.54) is 16.5 Å². The minimum absolute atomic E-state index is 0.123. The standard InChI is InChI=1S/C16H16N4O3/c1-3-11-4-6-12(7-5-11)18-13(21)8-20-9-17-15-14(16(20)22)10(2)19-23-15/h4-7,9H,3,8H2,1-2H3,(H,18,21). The molecule has 7 heteroatoms. The van der Waals surface area contributed by atoms with Gasteiger partial charge in [0, 0.05) is 5.69 Å². The third kappa shape index (κ3) is 2.98. The van der Waals surface area contributed by atoms with Gasteiger partial charge in [0.2, 0.25) is 5.91 Å². The van der Waals surface area contributed by atoms with E-state index in [1.54, 1.807) is 6.92 Å². The maximum absolute atomic E-state index is 12.3. The van der Waals surface area contributed by atoms with Gasteiger partial charge in [-0.2, -0.15) is 0 Å². The van der Waals surface area contributed by atoms with Crippen LogP contribution in [0.15, 0.2) is 39.9 Å². The number of anilines is 1. The first-order valence-corrected chi connectivity index (χ1v) is 7.28. The largest absolute Gasteiger partial charge is 0.335 e. The fourth-order valence-corrected chi connectivity index (χ4v) is 2.30. The normalized spacial score (nSPS) is 10.9. The highest BCUT2D eigenvalue weighted by Crippen LogP contribution is 2.11. The van der Waals surface area contributed by atoms with E-state index in [4.69, 9.17) is 4.52 Å². The van der Waals surface area contributed by atoms with Crippen molar-refractivity contribution >= 4 is 22.7 Å². The van der Waals surface area contributed by atoms with E-state index < -0.39 is 0 Å². The lowest BCUT2D eigenvalue weighted by Gasteiger charge is -2.07. The van der Waals surface area contributed by atoms with Gasteiger partial charge in [-0.05, 0) is 31.0 Å². The van der Waals surface area contributed by atoms with Gasteiger partial charge in [-0.3, -0.25) is 14.2 Å². The average Bonchev–Trinajstić information content (AvgIpc) is 2.93. The Morgan fingerprint density at radius 1 is 1.30 bits per heavy atom. The number of rotatable bonds is 4. The Morgan fingerprint density at radius 2 is 2.04 bits per heavy atom. The van der Waals surface area contributed by atoms with E-state index in [1.807, 2.05) is 24.3 Å². The molecule has 0 saturated heterocycles. The summed E-state index contributed by atoms with van der Waals surface area (Å²) in [5.74, 6) is -0.299. The predicted octanol–water partition coefficient (Wildman–Crippen LogP) is 1.89. The van der Waals surface area contributed by atoms with Crippen molar-refractivity contribution in [3.8, 4) is 0 Å². The fraction of sp³-hybridized carbons (Fsp3) is 0.250. The number of hydrogen-bond donors (Lipinski definition) is 1. The van der Waals surface area contributed by atoms with Crippen molar-refractivity contribution in [2.45, 2.75) is 26.8 Å². The molecule has 2 aromatic heterocycles. The Hall–Kier alpha value is -2.96. The van der Waals surface area contributed by atoms with Crippen LogP contribution in [0.2, 0.25) is 0 Å². The van der Waals surface area contributed by atoms with Crippen LogP contribution >= 0.6 is 0 Å². The van der Waals surface area contributed by atoms with E-state index >= 15 is 0 Å². The van der Waals surface area contributed by atoms with Crippen LogP contribution in [-0.2, 0) is 17.8 Å². The number of fused-ring (bicyclic) bond motifs is 1. The van der Waals surface area contributed by atoms with Gasteiger partial charge in [-0.15, -0.1) is 0 Å². The van der Waals surface area contributed by atoms with Crippen LogP contribution in [0.5, 0.6) is 0 Å². The van der Waals surface area contributed by atoms with Crippen LogP contribution in [0.4, 0.5) is 5.69 Å². The smallest absolute Gasteiger partial charge is 0.267 e. The Morgan fingerprint density at radius 3 is 2.74 bits per heavy atom. The van der Waals surface area contributed by atoms with Crippen LogP contribution in [0, 0.1) is 6.92 Å². The maximum atomic E-state index is 12.3. The number of carbonyl (C=O) groups is 1. The molecule has 23 heavy (non-hydrogen) atoms. The third-order valence-electron chi connectivity index (χ3n) is 3.59. The topological polar surface area (TPSA) is 90.0 Å². The summed E-state index contributed by atoms with van der Waals surface area (Å²) in [5.41, 5.74) is 2.18. The van der Waals surface area contributed by atoms with Gasteiger partial charge < -0.3 is 9.84 Å². The summed E-state index contributed by atoms with van der Waals surface area (Å²) in [6, 6.07) is 7.59. The summed E-state index contributed by atoms with van der Waals surface area (Å²) >= 11 is 0.